The van der Waals surface area contributed by atoms with E-state index >= 15 is 0 Å². The molecule has 0 atom stereocenters. The maximum atomic E-state index is 13.8. The second-order valence-electron chi connectivity index (χ2n) is 6.63. The van der Waals surface area contributed by atoms with Crippen molar-refractivity contribution >= 4 is 11.9 Å². The first-order chi connectivity index (χ1) is 12.8. The van der Waals surface area contributed by atoms with Crippen molar-refractivity contribution in [1.82, 2.24) is 0 Å². The van der Waals surface area contributed by atoms with Gasteiger partial charge in [-0.25, -0.2) is 4.39 Å². The molecule has 1 aliphatic carbocycles. The minimum atomic E-state index is -4.88. The van der Waals surface area contributed by atoms with Crippen LogP contribution in [0.15, 0.2) is 18.2 Å². The molecule has 1 aromatic carbocycles. The van der Waals surface area contributed by atoms with Gasteiger partial charge < -0.3 is 9.47 Å². The van der Waals surface area contributed by atoms with E-state index in [2.05, 4.69) is 4.74 Å². The molecular weight excluding hydrogens is 368 g/mol. The number of esters is 2. The maximum absolute atomic E-state index is 13.8. The molecule has 0 spiro atoms. The third kappa shape index (κ3) is 6.84. The van der Waals surface area contributed by atoms with Crippen LogP contribution in [0.5, 0.6) is 5.75 Å². The quantitative estimate of drug-likeness (QED) is 0.372. The molecule has 0 N–H and O–H groups in total. The number of rotatable bonds is 7. The average Bonchev–Trinajstić information content (AvgIpc) is 2.61. The highest BCUT2D eigenvalue weighted by Crippen LogP contribution is 2.34. The van der Waals surface area contributed by atoms with Crippen molar-refractivity contribution in [2.75, 3.05) is 6.61 Å². The smallest absolute Gasteiger partial charge is 0.419 e. The summed E-state index contributed by atoms with van der Waals surface area (Å²) in [7, 11) is 0. The van der Waals surface area contributed by atoms with Crippen LogP contribution < -0.4 is 4.74 Å². The Bertz CT molecular complexity index is 652. The number of hydrogen-bond donors (Lipinski definition) is 0. The minimum absolute atomic E-state index is 0.00705. The predicted octanol–water partition coefficient (Wildman–Crippen LogP) is 5.04. The second kappa shape index (κ2) is 9.71. The lowest BCUT2D eigenvalue weighted by atomic mass is 9.90. The van der Waals surface area contributed by atoms with Gasteiger partial charge in [-0.15, -0.1) is 0 Å². The van der Waals surface area contributed by atoms with Crippen LogP contribution in [0.4, 0.5) is 17.6 Å². The molecule has 0 heterocycles. The molecule has 2 rings (SSSR count). The number of hydrogen-bond acceptors (Lipinski definition) is 4. The zero-order valence-corrected chi connectivity index (χ0v) is 14.8. The van der Waals surface area contributed by atoms with E-state index in [9.17, 15) is 27.2 Å². The van der Waals surface area contributed by atoms with Crippen molar-refractivity contribution in [1.29, 1.82) is 0 Å². The Balaban J connectivity index is 1.72. The van der Waals surface area contributed by atoms with Crippen molar-refractivity contribution in [3.05, 3.63) is 29.6 Å². The highest BCUT2D eigenvalue weighted by molar-refractivity contribution is 5.74. The Kier molecular flexibility index (Phi) is 7.62. The molecule has 8 heteroatoms. The van der Waals surface area contributed by atoms with E-state index in [1.807, 2.05) is 0 Å². The fraction of sp³-hybridized carbons (Fsp3) is 0.579. The van der Waals surface area contributed by atoms with Crippen molar-refractivity contribution in [3.63, 3.8) is 0 Å². The molecule has 1 saturated carbocycles. The Hall–Kier alpha value is -2.12. The molecule has 0 bridgehead atoms. The number of benzene rings is 1. The lowest BCUT2D eigenvalue weighted by molar-refractivity contribution is -0.146. The molecule has 0 amide bonds. The van der Waals surface area contributed by atoms with E-state index in [1.165, 1.54) is 6.42 Å². The van der Waals surface area contributed by atoms with Crippen LogP contribution in [-0.2, 0) is 20.5 Å². The molecule has 0 aliphatic heterocycles. The molecular formula is C19H22F4O4. The molecule has 150 valence electrons. The van der Waals surface area contributed by atoms with Gasteiger partial charge in [-0.2, -0.15) is 13.2 Å². The summed E-state index contributed by atoms with van der Waals surface area (Å²) in [6.45, 7) is 0.374. The number of carbonyl (C=O) groups excluding carboxylic acids is 2. The van der Waals surface area contributed by atoms with Crippen LogP contribution in [0, 0.1) is 11.7 Å². The van der Waals surface area contributed by atoms with E-state index in [0.717, 1.165) is 37.8 Å². The van der Waals surface area contributed by atoms with Crippen LogP contribution in [0.1, 0.15) is 56.9 Å². The summed E-state index contributed by atoms with van der Waals surface area (Å²) in [4.78, 5) is 23.4. The topological polar surface area (TPSA) is 52.6 Å². The van der Waals surface area contributed by atoms with E-state index in [4.69, 9.17) is 4.74 Å². The summed E-state index contributed by atoms with van der Waals surface area (Å²) in [5, 5.41) is 0. The first-order valence-electron chi connectivity index (χ1n) is 8.99. The van der Waals surface area contributed by atoms with Gasteiger partial charge in [0.05, 0.1) is 12.2 Å². The zero-order valence-electron chi connectivity index (χ0n) is 14.8. The third-order valence-electron chi connectivity index (χ3n) is 4.46. The predicted molar refractivity (Wildman–Crippen MR) is 88.4 cm³/mol. The van der Waals surface area contributed by atoms with Gasteiger partial charge in [-0.05, 0) is 37.3 Å². The maximum Gasteiger partial charge on any atom is 0.419 e. The molecule has 1 fully saturated rings. The van der Waals surface area contributed by atoms with Gasteiger partial charge in [0.15, 0.2) is 11.6 Å². The molecule has 1 aromatic rings. The van der Waals surface area contributed by atoms with Gasteiger partial charge >= 0.3 is 18.1 Å². The van der Waals surface area contributed by atoms with Gasteiger partial charge in [0.25, 0.3) is 0 Å². The van der Waals surface area contributed by atoms with Crippen LogP contribution in [0.2, 0.25) is 0 Å². The van der Waals surface area contributed by atoms with Gasteiger partial charge in [0, 0.05) is 12.8 Å². The van der Waals surface area contributed by atoms with Crippen LogP contribution >= 0.6 is 0 Å². The lowest BCUT2D eigenvalue weighted by Crippen LogP contribution is -2.17. The summed E-state index contributed by atoms with van der Waals surface area (Å²) < 4.78 is 61.5. The summed E-state index contributed by atoms with van der Waals surface area (Å²) in [5.74, 6) is -3.37. The van der Waals surface area contributed by atoms with Crippen LogP contribution in [0.3, 0.4) is 0 Å². The van der Waals surface area contributed by atoms with E-state index in [1.54, 1.807) is 0 Å². The third-order valence-corrected chi connectivity index (χ3v) is 4.46. The van der Waals surface area contributed by atoms with Crippen LogP contribution in [0.25, 0.3) is 0 Å². The van der Waals surface area contributed by atoms with E-state index in [-0.39, 0.29) is 19.3 Å². The van der Waals surface area contributed by atoms with Gasteiger partial charge in [0.2, 0.25) is 0 Å². The fourth-order valence-electron chi connectivity index (χ4n) is 3.00. The Morgan fingerprint density at radius 1 is 1.04 bits per heavy atom. The normalized spacial score (nSPS) is 15.4. The average molecular weight is 390 g/mol. The molecule has 4 nitrogen and oxygen atoms in total. The van der Waals surface area contributed by atoms with Crippen molar-refractivity contribution in [3.8, 4) is 5.75 Å². The molecule has 1 aliphatic rings. The Morgan fingerprint density at radius 3 is 2.37 bits per heavy atom. The van der Waals surface area contributed by atoms with E-state index in [0.29, 0.717) is 18.6 Å². The zero-order chi connectivity index (χ0) is 19.9. The molecule has 0 aromatic heterocycles. The number of alkyl halides is 3. The van der Waals surface area contributed by atoms with Crippen molar-refractivity contribution in [2.45, 2.75) is 57.5 Å². The number of carbonyl (C=O) groups is 2. The first kappa shape index (κ1) is 21.2. The van der Waals surface area contributed by atoms with Crippen LogP contribution in [-0.4, -0.2) is 18.5 Å². The van der Waals surface area contributed by atoms with E-state index < -0.39 is 35.2 Å². The summed E-state index contributed by atoms with van der Waals surface area (Å²) in [6.07, 6.45) is 0.572. The first-order valence-corrected chi connectivity index (χ1v) is 8.99. The van der Waals surface area contributed by atoms with Gasteiger partial charge in [-0.1, -0.05) is 25.3 Å². The summed E-state index contributed by atoms with van der Waals surface area (Å²) in [5.41, 5.74) is -1.50. The highest BCUT2D eigenvalue weighted by Gasteiger charge is 2.35. The summed E-state index contributed by atoms with van der Waals surface area (Å²) in [6, 6.07) is 2.47. The van der Waals surface area contributed by atoms with Crippen molar-refractivity contribution < 1.29 is 36.6 Å². The van der Waals surface area contributed by atoms with Gasteiger partial charge in [0.1, 0.15) is 0 Å². The molecule has 0 unspecified atom stereocenters. The lowest BCUT2D eigenvalue weighted by Gasteiger charge is -2.20. The molecule has 27 heavy (non-hydrogen) atoms. The van der Waals surface area contributed by atoms with Crippen molar-refractivity contribution in [2.24, 2.45) is 5.92 Å². The Labute approximate surface area is 154 Å². The molecule has 0 saturated heterocycles. The monoisotopic (exact) mass is 390 g/mol. The standard InChI is InChI=1S/C19H22F4O4/c20-18-14(19(21,22)23)8-4-9-15(18)27-17(25)11-5-10-16(24)26-12-13-6-2-1-3-7-13/h4,8-9,13H,1-3,5-7,10-12H2. The highest BCUT2D eigenvalue weighted by atomic mass is 19.4. The number of halogens is 4. The summed E-state index contributed by atoms with van der Waals surface area (Å²) >= 11 is 0. The number of ether oxygens (including phenoxy) is 2. The Morgan fingerprint density at radius 2 is 1.70 bits per heavy atom. The molecule has 0 radical (unpaired) electrons. The second-order valence-corrected chi connectivity index (χ2v) is 6.63. The van der Waals surface area contributed by atoms with Gasteiger partial charge in [-0.3, -0.25) is 9.59 Å². The SMILES string of the molecule is O=C(CCCC(=O)Oc1cccc(C(F)(F)F)c1F)OCC1CCCCC1. The fourth-order valence-corrected chi connectivity index (χ4v) is 3.00. The largest absolute Gasteiger partial charge is 0.465 e. The minimum Gasteiger partial charge on any atom is -0.465 e.